The number of hydrogen-bond donors (Lipinski definition) is 0. The molecule has 0 heterocycles. The van der Waals surface area contributed by atoms with Gasteiger partial charge in [0.05, 0.1) is 20.3 Å². The maximum atomic E-state index is 11.5. The van der Waals surface area contributed by atoms with Crippen LogP contribution in [0, 0.1) is 16.7 Å². The lowest BCUT2D eigenvalue weighted by molar-refractivity contribution is -0.132. The third-order valence-corrected chi connectivity index (χ3v) is 4.13. The summed E-state index contributed by atoms with van der Waals surface area (Å²) < 4.78 is 16.0. The first-order chi connectivity index (χ1) is 12.0. The third-order valence-electron chi connectivity index (χ3n) is 4.13. The molecule has 0 aliphatic heterocycles. The normalized spacial score (nSPS) is 12.8. The van der Waals surface area contributed by atoms with Crippen LogP contribution < -0.4 is 14.2 Å². The van der Waals surface area contributed by atoms with Gasteiger partial charge in [-0.3, -0.25) is 4.79 Å². The first-order valence-electron chi connectivity index (χ1n) is 8.29. The van der Waals surface area contributed by atoms with Crippen LogP contribution in [0.5, 0.6) is 17.2 Å². The molecule has 0 N–H and O–H groups in total. The first kappa shape index (κ1) is 21.3. The van der Waals surface area contributed by atoms with Crippen molar-refractivity contribution >= 4 is 11.5 Å². The van der Waals surface area contributed by atoms with Gasteiger partial charge in [0.15, 0.2) is 11.5 Å². The number of methoxy groups -OCH3 is 2. The molecular formula is C21H27NO4. The van der Waals surface area contributed by atoms with Gasteiger partial charge in [0, 0.05) is 12.5 Å². The van der Waals surface area contributed by atoms with Gasteiger partial charge in [0.2, 0.25) is 5.75 Å². The van der Waals surface area contributed by atoms with E-state index >= 15 is 0 Å². The van der Waals surface area contributed by atoms with E-state index < -0.39 is 5.97 Å². The SMILES string of the molecule is COc1cc(C(/C=C(\C)C(C)(C)C)=C(/C)C#N)cc(OC(C)=O)c1OC. The second kappa shape index (κ2) is 8.57. The summed E-state index contributed by atoms with van der Waals surface area (Å²) in [5.41, 5.74) is 3.08. The average molecular weight is 357 g/mol. The van der Waals surface area contributed by atoms with E-state index in [-0.39, 0.29) is 11.2 Å². The second-order valence-electron chi connectivity index (χ2n) is 7.03. The largest absolute Gasteiger partial charge is 0.493 e. The van der Waals surface area contributed by atoms with E-state index in [1.807, 2.05) is 13.0 Å². The third kappa shape index (κ3) is 5.13. The van der Waals surface area contributed by atoms with E-state index in [9.17, 15) is 10.1 Å². The molecule has 0 unspecified atom stereocenters. The number of esters is 1. The molecule has 1 aromatic carbocycles. The number of allylic oxidation sites excluding steroid dienone is 4. The van der Waals surface area contributed by atoms with Crippen molar-refractivity contribution in [3.63, 3.8) is 0 Å². The van der Waals surface area contributed by atoms with Crippen molar-refractivity contribution in [2.45, 2.75) is 41.5 Å². The monoisotopic (exact) mass is 357 g/mol. The molecule has 140 valence electrons. The molecule has 0 fully saturated rings. The Kier molecular flexibility index (Phi) is 7.02. The zero-order chi connectivity index (χ0) is 20.1. The Morgan fingerprint density at radius 3 is 2.08 bits per heavy atom. The molecule has 0 radical (unpaired) electrons. The molecule has 0 saturated carbocycles. The van der Waals surface area contributed by atoms with Gasteiger partial charge in [0.1, 0.15) is 0 Å². The van der Waals surface area contributed by atoms with Crippen molar-refractivity contribution in [3.8, 4) is 23.3 Å². The van der Waals surface area contributed by atoms with Crippen molar-refractivity contribution in [1.29, 1.82) is 5.26 Å². The van der Waals surface area contributed by atoms with E-state index in [1.54, 1.807) is 19.1 Å². The number of ether oxygens (including phenoxy) is 3. The van der Waals surface area contributed by atoms with Gasteiger partial charge in [0.25, 0.3) is 0 Å². The summed E-state index contributed by atoms with van der Waals surface area (Å²) in [7, 11) is 2.99. The summed E-state index contributed by atoms with van der Waals surface area (Å²) in [5.74, 6) is 0.536. The number of rotatable bonds is 5. The summed E-state index contributed by atoms with van der Waals surface area (Å²) in [4.78, 5) is 11.5. The van der Waals surface area contributed by atoms with Crippen LogP contribution in [0.2, 0.25) is 0 Å². The lowest BCUT2D eigenvalue weighted by Crippen LogP contribution is -2.07. The molecule has 0 bridgehead atoms. The summed E-state index contributed by atoms with van der Waals surface area (Å²) in [6.45, 7) is 11.4. The van der Waals surface area contributed by atoms with Crippen molar-refractivity contribution in [2.24, 2.45) is 5.41 Å². The molecular weight excluding hydrogens is 330 g/mol. The van der Waals surface area contributed by atoms with Gasteiger partial charge < -0.3 is 14.2 Å². The second-order valence-corrected chi connectivity index (χ2v) is 7.03. The van der Waals surface area contributed by atoms with Gasteiger partial charge in [-0.15, -0.1) is 0 Å². The summed E-state index contributed by atoms with van der Waals surface area (Å²) in [5, 5.41) is 9.45. The molecule has 1 rings (SSSR count). The standard InChI is InChI=1S/C21H27NO4/c1-13(12-22)17(9-14(2)21(4,5)6)16-10-18(24-7)20(25-8)19(11-16)26-15(3)23/h9-11H,1-8H3/b14-9+,17-13-. The zero-order valence-electron chi connectivity index (χ0n) is 16.8. The topological polar surface area (TPSA) is 68.5 Å². The fraction of sp³-hybridized carbons (Fsp3) is 0.429. The number of hydrogen-bond acceptors (Lipinski definition) is 5. The van der Waals surface area contributed by atoms with Crippen LogP contribution in [0.1, 0.15) is 47.1 Å². The molecule has 0 saturated heterocycles. The van der Waals surface area contributed by atoms with Crippen molar-refractivity contribution < 1.29 is 19.0 Å². The predicted octanol–water partition coefficient (Wildman–Crippen LogP) is 4.92. The lowest BCUT2D eigenvalue weighted by Gasteiger charge is -2.21. The smallest absolute Gasteiger partial charge is 0.308 e. The van der Waals surface area contributed by atoms with Gasteiger partial charge in [-0.1, -0.05) is 32.4 Å². The highest BCUT2D eigenvalue weighted by Gasteiger charge is 2.19. The molecule has 5 heteroatoms. The summed E-state index contributed by atoms with van der Waals surface area (Å²) in [6.07, 6.45) is 1.98. The van der Waals surface area contributed by atoms with Crippen molar-refractivity contribution in [3.05, 3.63) is 34.9 Å². The lowest BCUT2D eigenvalue weighted by atomic mass is 9.85. The quantitative estimate of drug-likeness (QED) is 0.324. The van der Waals surface area contributed by atoms with Crippen molar-refractivity contribution in [1.82, 2.24) is 0 Å². The first-order valence-corrected chi connectivity index (χ1v) is 8.29. The summed E-state index contributed by atoms with van der Waals surface area (Å²) in [6, 6.07) is 5.66. The molecule has 0 aliphatic carbocycles. The van der Waals surface area contributed by atoms with Crippen LogP contribution in [-0.4, -0.2) is 20.2 Å². The van der Waals surface area contributed by atoms with E-state index in [0.717, 1.165) is 11.1 Å². The maximum Gasteiger partial charge on any atom is 0.308 e. The molecule has 1 aromatic rings. The van der Waals surface area contributed by atoms with E-state index in [2.05, 4.69) is 26.8 Å². The Labute approximate surface area is 155 Å². The molecule has 5 nitrogen and oxygen atoms in total. The minimum atomic E-state index is -0.466. The van der Waals surface area contributed by atoms with Crippen molar-refractivity contribution in [2.75, 3.05) is 14.2 Å². The minimum absolute atomic E-state index is 0.0454. The van der Waals surface area contributed by atoms with E-state index in [1.165, 1.54) is 21.1 Å². The highest BCUT2D eigenvalue weighted by Crippen LogP contribution is 2.41. The Morgan fingerprint density at radius 2 is 1.65 bits per heavy atom. The molecule has 26 heavy (non-hydrogen) atoms. The number of carbonyl (C=O) groups excluding carboxylic acids is 1. The van der Waals surface area contributed by atoms with Gasteiger partial charge >= 0.3 is 5.97 Å². The van der Waals surface area contributed by atoms with Crippen LogP contribution in [-0.2, 0) is 4.79 Å². The Hall–Kier alpha value is -2.74. The van der Waals surface area contributed by atoms with Gasteiger partial charge in [-0.25, -0.2) is 0 Å². The summed E-state index contributed by atoms with van der Waals surface area (Å²) >= 11 is 0. The number of benzene rings is 1. The number of nitriles is 1. The highest BCUT2D eigenvalue weighted by atomic mass is 16.6. The van der Waals surface area contributed by atoms with E-state index in [0.29, 0.717) is 22.6 Å². The number of nitrogens with zero attached hydrogens (tertiary/aromatic N) is 1. The van der Waals surface area contributed by atoms with E-state index in [4.69, 9.17) is 14.2 Å². The maximum absolute atomic E-state index is 11.5. The van der Waals surface area contributed by atoms with Crippen LogP contribution in [0.15, 0.2) is 29.4 Å². The van der Waals surface area contributed by atoms with Crippen LogP contribution >= 0.6 is 0 Å². The molecule has 0 aliphatic rings. The zero-order valence-corrected chi connectivity index (χ0v) is 16.8. The minimum Gasteiger partial charge on any atom is -0.493 e. The molecule has 0 amide bonds. The Bertz CT molecular complexity index is 789. The predicted molar refractivity (Wildman–Crippen MR) is 102 cm³/mol. The molecule has 0 aromatic heterocycles. The fourth-order valence-electron chi connectivity index (χ4n) is 2.22. The average Bonchev–Trinajstić information content (AvgIpc) is 2.56. The Balaban J connectivity index is 3.73. The fourth-order valence-corrected chi connectivity index (χ4v) is 2.22. The van der Waals surface area contributed by atoms with Crippen LogP contribution in [0.25, 0.3) is 5.57 Å². The van der Waals surface area contributed by atoms with Crippen LogP contribution in [0.3, 0.4) is 0 Å². The van der Waals surface area contributed by atoms with Gasteiger partial charge in [-0.2, -0.15) is 5.26 Å². The highest BCUT2D eigenvalue weighted by molar-refractivity contribution is 5.82. The number of carbonyl (C=O) groups is 1. The molecule has 0 spiro atoms. The Morgan fingerprint density at radius 1 is 1.08 bits per heavy atom. The van der Waals surface area contributed by atoms with Gasteiger partial charge in [-0.05, 0) is 42.5 Å². The van der Waals surface area contributed by atoms with Crippen LogP contribution in [0.4, 0.5) is 0 Å². The molecule has 0 atom stereocenters.